The van der Waals surface area contributed by atoms with Crippen LogP contribution in [0.3, 0.4) is 0 Å². The highest BCUT2D eigenvalue weighted by molar-refractivity contribution is 8.26. The van der Waals surface area contributed by atoms with Gasteiger partial charge in [0.25, 0.3) is 11.5 Å². The van der Waals surface area contributed by atoms with Gasteiger partial charge < -0.3 is 9.73 Å². The average Bonchev–Trinajstić information content (AvgIpc) is 3.45. The summed E-state index contributed by atoms with van der Waals surface area (Å²) in [5.74, 6) is 0.328. The zero-order valence-corrected chi connectivity index (χ0v) is 20.2. The van der Waals surface area contributed by atoms with E-state index in [1.165, 1.54) is 27.5 Å². The smallest absolute Gasteiger partial charge is 0.267 e. The number of hydrogen-bond donors (Lipinski definition) is 1. The number of benzene rings is 1. The van der Waals surface area contributed by atoms with Crippen LogP contribution >= 0.6 is 24.0 Å². The summed E-state index contributed by atoms with van der Waals surface area (Å²) in [6, 6.07) is 13.1. The fourth-order valence-electron chi connectivity index (χ4n) is 3.65. The van der Waals surface area contributed by atoms with Crippen LogP contribution in [0.25, 0.3) is 11.7 Å². The van der Waals surface area contributed by atoms with Crippen molar-refractivity contribution in [2.24, 2.45) is 0 Å². The Morgan fingerprint density at radius 2 is 1.97 bits per heavy atom. The van der Waals surface area contributed by atoms with Gasteiger partial charge in [-0.15, -0.1) is 0 Å². The quantitative estimate of drug-likeness (QED) is 0.299. The largest absolute Gasteiger partial charge is 0.467 e. The molecule has 7 nitrogen and oxygen atoms in total. The first-order chi connectivity index (χ1) is 16.9. The first kappa shape index (κ1) is 23.0. The normalized spacial score (nSPS) is 14.9. The topological polar surface area (TPSA) is 79.8 Å². The standard InChI is InChI=1S/C25H19FN4O3S2/c1-15-4-9-21-28-22(27-12-18-3-2-10-33-18)19(23(31)29(21)13-15)11-20-24(32)30(25(34)35-20)14-16-5-7-17(26)8-6-16/h2-11,13,27H,12,14H2,1H3/b20-11+. The zero-order chi connectivity index (χ0) is 24.5. The molecule has 1 aliphatic rings. The van der Waals surface area contributed by atoms with Gasteiger partial charge in [0.2, 0.25) is 0 Å². The molecule has 5 rings (SSSR count). The maximum absolute atomic E-state index is 13.5. The van der Waals surface area contributed by atoms with Crippen molar-refractivity contribution in [2.75, 3.05) is 5.32 Å². The summed E-state index contributed by atoms with van der Waals surface area (Å²) in [6.07, 6.45) is 4.80. The molecule has 4 aromatic rings. The number of fused-ring (bicyclic) bond motifs is 1. The molecule has 0 spiro atoms. The molecule has 4 heterocycles. The second-order valence-electron chi connectivity index (χ2n) is 7.94. The van der Waals surface area contributed by atoms with Crippen molar-refractivity contribution in [1.82, 2.24) is 14.3 Å². The number of halogens is 1. The molecule has 1 N–H and O–H groups in total. The number of aromatic nitrogens is 2. The van der Waals surface area contributed by atoms with Gasteiger partial charge in [0.1, 0.15) is 27.4 Å². The van der Waals surface area contributed by atoms with Crippen LogP contribution in [-0.2, 0) is 17.9 Å². The van der Waals surface area contributed by atoms with E-state index in [2.05, 4.69) is 10.3 Å². The summed E-state index contributed by atoms with van der Waals surface area (Å²) in [7, 11) is 0. The Labute approximate surface area is 209 Å². The van der Waals surface area contributed by atoms with Crippen molar-refractivity contribution in [3.8, 4) is 0 Å². The summed E-state index contributed by atoms with van der Waals surface area (Å²) in [5.41, 5.74) is 2.04. The summed E-state index contributed by atoms with van der Waals surface area (Å²) < 4.78 is 20.4. The van der Waals surface area contributed by atoms with Crippen molar-refractivity contribution in [3.05, 3.63) is 105 Å². The average molecular weight is 507 g/mol. The van der Waals surface area contributed by atoms with E-state index in [4.69, 9.17) is 16.6 Å². The van der Waals surface area contributed by atoms with Gasteiger partial charge in [-0.05, 0) is 54.5 Å². The molecule has 0 radical (unpaired) electrons. The summed E-state index contributed by atoms with van der Waals surface area (Å²) in [6.45, 7) is 2.41. The third kappa shape index (κ3) is 4.75. The lowest BCUT2D eigenvalue weighted by Gasteiger charge is -2.14. The maximum Gasteiger partial charge on any atom is 0.267 e. The van der Waals surface area contributed by atoms with Crippen molar-refractivity contribution in [1.29, 1.82) is 0 Å². The van der Waals surface area contributed by atoms with Crippen LogP contribution in [-0.4, -0.2) is 24.5 Å². The number of nitrogens with one attached hydrogen (secondary N) is 1. The molecule has 1 aromatic carbocycles. The number of pyridine rings is 1. The lowest BCUT2D eigenvalue weighted by Crippen LogP contribution is -2.27. The molecule has 1 fully saturated rings. The summed E-state index contributed by atoms with van der Waals surface area (Å²) in [5, 5.41) is 3.15. The number of rotatable bonds is 6. The number of aryl methyl sites for hydroxylation is 1. The van der Waals surface area contributed by atoms with E-state index in [9.17, 15) is 14.0 Å². The Hall–Kier alpha value is -3.76. The van der Waals surface area contributed by atoms with Crippen LogP contribution in [0.2, 0.25) is 0 Å². The third-order valence-electron chi connectivity index (χ3n) is 5.42. The van der Waals surface area contributed by atoms with Gasteiger partial charge in [0, 0.05) is 6.20 Å². The molecule has 0 unspecified atom stereocenters. The van der Waals surface area contributed by atoms with Crippen molar-refractivity contribution < 1.29 is 13.6 Å². The lowest BCUT2D eigenvalue weighted by atomic mass is 10.2. The maximum atomic E-state index is 13.5. The van der Waals surface area contributed by atoms with E-state index >= 15 is 0 Å². The van der Waals surface area contributed by atoms with Gasteiger partial charge in [0.05, 0.1) is 29.8 Å². The molecule has 1 saturated heterocycles. The Kier molecular flexibility index (Phi) is 6.23. The highest BCUT2D eigenvalue weighted by Crippen LogP contribution is 2.34. The van der Waals surface area contributed by atoms with Crippen molar-refractivity contribution >= 4 is 51.7 Å². The van der Waals surface area contributed by atoms with Crippen LogP contribution in [0.1, 0.15) is 22.5 Å². The molecule has 1 aliphatic heterocycles. The van der Waals surface area contributed by atoms with Gasteiger partial charge in [0.15, 0.2) is 0 Å². The lowest BCUT2D eigenvalue weighted by molar-refractivity contribution is -0.122. The Morgan fingerprint density at radius 1 is 1.17 bits per heavy atom. The third-order valence-corrected chi connectivity index (χ3v) is 6.80. The first-order valence-electron chi connectivity index (χ1n) is 10.7. The molecule has 0 bridgehead atoms. The number of carbonyl (C=O) groups is 1. The molecule has 0 atom stereocenters. The Bertz CT molecular complexity index is 1530. The first-order valence-corrected chi connectivity index (χ1v) is 11.9. The van der Waals surface area contributed by atoms with Crippen LogP contribution in [0, 0.1) is 12.7 Å². The van der Waals surface area contributed by atoms with Gasteiger partial charge in [-0.1, -0.05) is 42.2 Å². The molecule has 176 valence electrons. The molecule has 10 heteroatoms. The Morgan fingerprint density at radius 3 is 2.71 bits per heavy atom. The highest BCUT2D eigenvalue weighted by Gasteiger charge is 2.32. The molecular formula is C25H19FN4O3S2. The zero-order valence-electron chi connectivity index (χ0n) is 18.5. The number of thiocarbonyl (C=S) groups is 1. The number of hydrogen-bond acceptors (Lipinski definition) is 7. The fraction of sp³-hybridized carbons (Fsp3) is 0.120. The summed E-state index contributed by atoms with van der Waals surface area (Å²) >= 11 is 6.54. The SMILES string of the molecule is Cc1ccc2nc(NCc3ccco3)c(/C=C3/SC(=S)N(Cc4ccc(F)cc4)C3=O)c(=O)n2c1. The molecule has 3 aromatic heterocycles. The highest BCUT2D eigenvalue weighted by atomic mass is 32.2. The molecule has 0 saturated carbocycles. The van der Waals surface area contributed by atoms with Crippen LogP contribution in [0.4, 0.5) is 10.2 Å². The van der Waals surface area contributed by atoms with E-state index in [1.807, 2.05) is 19.1 Å². The Balaban J connectivity index is 1.52. The van der Waals surface area contributed by atoms with E-state index in [-0.39, 0.29) is 29.4 Å². The second kappa shape index (κ2) is 9.47. The second-order valence-corrected chi connectivity index (χ2v) is 9.62. The number of anilines is 1. The monoisotopic (exact) mass is 506 g/mol. The summed E-state index contributed by atoms with van der Waals surface area (Å²) in [4.78, 5) is 33.0. The van der Waals surface area contributed by atoms with Gasteiger partial charge >= 0.3 is 0 Å². The van der Waals surface area contributed by atoms with Gasteiger partial charge in [-0.25, -0.2) is 9.37 Å². The molecule has 35 heavy (non-hydrogen) atoms. The van der Waals surface area contributed by atoms with E-state index < -0.39 is 0 Å². The molecule has 1 amide bonds. The van der Waals surface area contributed by atoms with Crippen LogP contribution in [0.15, 0.2) is 75.1 Å². The predicted molar refractivity (Wildman–Crippen MR) is 137 cm³/mol. The number of thioether (sulfide) groups is 1. The van der Waals surface area contributed by atoms with Crippen LogP contribution in [0.5, 0.6) is 0 Å². The number of nitrogens with zero attached hydrogens (tertiary/aromatic N) is 3. The minimum atomic E-state index is -0.354. The molecular weight excluding hydrogens is 487 g/mol. The van der Waals surface area contributed by atoms with Crippen LogP contribution < -0.4 is 10.9 Å². The van der Waals surface area contributed by atoms with Crippen molar-refractivity contribution in [2.45, 2.75) is 20.0 Å². The predicted octanol–water partition coefficient (Wildman–Crippen LogP) is 4.75. The number of furan rings is 1. The number of amides is 1. The fourth-order valence-corrected chi connectivity index (χ4v) is 4.88. The minimum Gasteiger partial charge on any atom is -0.467 e. The molecule has 0 aliphatic carbocycles. The number of carbonyl (C=O) groups excluding carboxylic acids is 1. The van der Waals surface area contributed by atoms with E-state index in [0.717, 1.165) is 22.9 Å². The van der Waals surface area contributed by atoms with Gasteiger partial charge in [-0.2, -0.15) is 0 Å². The minimum absolute atomic E-state index is 0.208. The van der Waals surface area contributed by atoms with E-state index in [0.29, 0.717) is 33.0 Å². The van der Waals surface area contributed by atoms with E-state index in [1.54, 1.807) is 36.7 Å². The van der Waals surface area contributed by atoms with Gasteiger partial charge in [-0.3, -0.25) is 18.9 Å². The van der Waals surface area contributed by atoms with Crippen molar-refractivity contribution in [3.63, 3.8) is 0 Å².